The first-order valence-corrected chi connectivity index (χ1v) is 6.68. The lowest BCUT2D eigenvalue weighted by Gasteiger charge is -2.18. The molecule has 4 nitrogen and oxygen atoms in total. The summed E-state index contributed by atoms with van der Waals surface area (Å²) in [5.41, 5.74) is -1.10. The second kappa shape index (κ2) is 5.84. The van der Waals surface area contributed by atoms with Crippen LogP contribution in [0.4, 0.5) is 4.79 Å². The molecule has 0 fully saturated rings. The van der Waals surface area contributed by atoms with Crippen molar-refractivity contribution in [1.29, 1.82) is 0 Å². The minimum absolute atomic E-state index is 0.0955. The van der Waals surface area contributed by atoms with Gasteiger partial charge in [0.1, 0.15) is 5.60 Å². The Hall–Kier alpha value is -0.880. The SMILES string of the molecule is CC(C)(C)OC(=O)Oc1ccc(Br)cc(Br)c1=O. The molecule has 0 saturated carbocycles. The monoisotopic (exact) mass is 378 g/mol. The Morgan fingerprint density at radius 3 is 2.39 bits per heavy atom. The van der Waals surface area contributed by atoms with Gasteiger partial charge in [-0.3, -0.25) is 4.79 Å². The summed E-state index contributed by atoms with van der Waals surface area (Å²) in [5, 5.41) is 0. The number of carbonyl (C=O) groups excluding carboxylic acids is 1. The van der Waals surface area contributed by atoms with E-state index in [0.717, 1.165) is 0 Å². The maximum absolute atomic E-state index is 11.8. The third-order valence-corrected chi connectivity index (χ3v) is 2.76. The van der Waals surface area contributed by atoms with E-state index in [-0.39, 0.29) is 10.2 Å². The predicted octanol–water partition coefficient (Wildman–Crippen LogP) is 3.89. The minimum atomic E-state index is -0.908. The molecule has 0 heterocycles. The van der Waals surface area contributed by atoms with E-state index in [1.165, 1.54) is 6.07 Å². The van der Waals surface area contributed by atoms with Crippen LogP contribution in [0.15, 0.2) is 31.9 Å². The summed E-state index contributed by atoms with van der Waals surface area (Å²) < 4.78 is 10.8. The van der Waals surface area contributed by atoms with Crippen LogP contribution >= 0.6 is 31.9 Å². The van der Waals surface area contributed by atoms with Crippen molar-refractivity contribution >= 4 is 38.0 Å². The average Bonchev–Trinajstić information content (AvgIpc) is 2.29. The van der Waals surface area contributed by atoms with Gasteiger partial charge in [-0.05, 0) is 54.9 Å². The highest BCUT2D eigenvalue weighted by molar-refractivity contribution is 9.11. The number of hydrogen-bond acceptors (Lipinski definition) is 4. The first-order chi connectivity index (χ1) is 8.19. The molecule has 18 heavy (non-hydrogen) atoms. The van der Waals surface area contributed by atoms with E-state index in [2.05, 4.69) is 31.9 Å². The quantitative estimate of drug-likeness (QED) is 0.694. The molecule has 0 unspecified atom stereocenters. The summed E-state index contributed by atoms with van der Waals surface area (Å²) in [6.45, 7) is 5.14. The number of carbonyl (C=O) groups is 1. The molecule has 0 radical (unpaired) electrons. The van der Waals surface area contributed by atoms with Gasteiger partial charge in [0.15, 0.2) is 5.75 Å². The summed E-state index contributed by atoms with van der Waals surface area (Å²) in [6.07, 6.45) is -0.908. The van der Waals surface area contributed by atoms with Crippen molar-refractivity contribution in [3.63, 3.8) is 0 Å². The van der Waals surface area contributed by atoms with Gasteiger partial charge in [-0.1, -0.05) is 15.9 Å². The van der Waals surface area contributed by atoms with E-state index in [9.17, 15) is 9.59 Å². The van der Waals surface area contributed by atoms with E-state index in [0.29, 0.717) is 4.47 Å². The van der Waals surface area contributed by atoms with Crippen LogP contribution in [-0.2, 0) is 4.74 Å². The fourth-order valence-electron chi connectivity index (χ4n) is 1.02. The highest BCUT2D eigenvalue weighted by atomic mass is 79.9. The molecule has 0 bridgehead atoms. The molecule has 98 valence electrons. The van der Waals surface area contributed by atoms with Gasteiger partial charge in [0.25, 0.3) is 0 Å². The Morgan fingerprint density at radius 1 is 1.22 bits per heavy atom. The number of halogens is 2. The molecule has 0 aliphatic heterocycles. The highest BCUT2D eigenvalue weighted by Crippen LogP contribution is 2.17. The topological polar surface area (TPSA) is 52.6 Å². The molecule has 0 saturated heterocycles. The van der Waals surface area contributed by atoms with Crippen LogP contribution in [0.5, 0.6) is 5.75 Å². The molecule has 0 atom stereocenters. The molecule has 6 heteroatoms. The number of hydrogen-bond donors (Lipinski definition) is 0. The molecule has 0 amide bonds. The molecule has 0 spiro atoms. The molecule has 0 aliphatic carbocycles. The van der Waals surface area contributed by atoms with Gasteiger partial charge in [0.05, 0.1) is 4.47 Å². The van der Waals surface area contributed by atoms with Crippen molar-refractivity contribution in [2.24, 2.45) is 0 Å². The normalized spacial score (nSPS) is 10.9. The lowest BCUT2D eigenvalue weighted by Crippen LogP contribution is -2.27. The van der Waals surface area contributed by atoms with Crippen LogP contribution in [-0.4, -0.2) is 11.8 Å². The van der Waals surface area contributed by atoms with Crippen molar-refractivity contribution in [1.82, 2.24) is 0 Å². The van der Waals surface area contributed by atoms with E-state index < -0.39 is 17.2 Å². The Balaban J connectivity index is 3.00. The largest absolute Gasteiger partial charge is 0.514 e. The summed E-state index contributed by atoms with van der Waals surface area (Å²) in [5.74, 6) is -0.0955. The van der Waals surface area contributed by atoms with Gasteiger partial charge < -0.3 is 9.47 Å². The molecule has 0 aliphatic rings. The first-order valence-electron chi connectivity index (χ1n) is 5.09. The zero-order chi connectivity index (χ0) is 13.9. The summed E-state index contributed by atoms with van der Waals surface area (Å²) in [6, 6.07) is 4.58. The fourth-order valence-corrected chi connectivity index (χ4v) is 2.13. The van der Waals surface area contributed by atoms with Crippen molar-refractivity contribution in [2.45, 2.75) is 26.4 Å². The third kappa shape index (κ3) is 4.78. The summed E-state index contributed by atoms with van der Waals surface area (Å²) in [4.78, 5) is 23.3. The van der Waals surface area contributed by atoms with Gasteiger partial charge in [-0.15, -0.1) is 0 Å². The predicted molar refractivity (Wildman–Crippen MR) is 75.0 cm³/mol. The molecule has 1 rings (SSSR count). The Bertz CT molecular complexity index is 520. The van der Waals surface area contributed by atoms with Gasteiger partial charge in [-0.25, -0.2) is 4.79 Å². The Kier molecular flexibility index (Phi) is 4.92. The molecule has 1 aromatic rings. The Morgan fingerprint density at radius 2 is 1.83 bits per heavy atom. The van der Waals surface area contributed by atoms with Gasteiger partial charge in [0, 0.05) is 4.47 Å². The number of ether oxygens (including phenoxy) is 2. The fraction of sp³-hybridized carbons (Fsp3) is 0.333. The molecular formula is C12H12Br2O4. The second-order valence-electron chi connectivity index (χ2n) is 4.47. The highest BCUT2D eigenvalue weighted by Gasteiger charge is 2.19. The van der Waals surface area contributed by atoms with E-state index in [4.69, 9.17) is 9.47 Å². The van der Waals surface area contributed by atoms with Crippen molar-refractivity contribution in [3.8, 4) is 5.75 Å². The summed E-state index contributed by atoms with van der Waals surface area (Å²) >= 11 is 6.34. The van der Waals surface area contributed by atoms with Crippen molar-refractivity contribution in [2.75, 3.05) is 0 Å². The number of rotatable bonds is 1. The van der Waals surface area contributed by atoms with Crippen molar-refractivity contribution in [3.05, 3.63) is 37.4 Å². The minimum Gasteiger partial charge on any atom is -0.428 e. The second-order valence-corrected chi connectivity index (χ2v) is 6.24. The molecule has 0 aromatic heterocycles. The van der Waals surface area contributed by atoms with Crippen LogP contribution in [0.3, 0.4) is 0 Å². The molecular weight excluding hydrogens is 368 g/mol. The zero-order valence-corrected chi connectivity index (χ0v) is 13.3. The van der Waals surface area contributed by atoms with Gasteiger partial charge in [-0.2, -0.15) is 0 Å². The standard InChI is InChI=1S/C12H12Br2O4/c1-12(2,3)18-11(16)17-9-5-4-7(13)6-8(14)10(9)15/h4-6H,1-3H3. The van der Waals surface area contributed by atoms with Crippen LogP contribution < -0.4 is 10.2 Å². The lowest BCUT2D eigenvalue weighted by atomic mass is 10.2. The summed E-state index contributed by atoms with van der Waals surface area (Å²) in [7, 11) is 0. The van der Waals surface area contributed by atoms with Crippen LogP contribution in [0.2, 0.25) is 0 Å². The van der Waals surface area contributed by atoms with Gasteiger partial charge >= 0.3 is 6.16 Å². The lowest BCUT2D eigenvalue weighted by molar-refractivity contribution is 0.0204. The van der Waals surface area contributed by atoms with Crippen molar-refractivity contribution < 1.29 is 14.3 Å². The maximum atomic E-state index is 11.8. The van der Waals surface area contributed by atoms with E-state index >= 15 is 0 Å². The molecule has 1 aromatic carbocycles. The smallest absolute Gasteiger partial charge is 0.428 e. The van der Waals surface area contributed by atoms with Crippen LogP contribution in [0.25, 0.3) is 0 Å². The van der Waals surface area contributed by atoms with Crippen LogP contribution in [0, 0.1) is 0 Å². The zero-order valence-electron chi connectivity index (χ0n) is 10.1. The molecule has 0 N–H and O–H groups in total. The van der Waals surface area contributed by atoms with E-state index in [1.807, 2.05) is 0 Å². The maximum Gasteiger partial charge on any atom is 0.514 e. The van der Waals surface area contributed by atoms with Crippen LogP contribution in [0.1, 0.15) is 20.8 Å². The van der Waals surface area contributed by atoms with Gasteiger partial charge in [0.2, 0.25) is 5.43 Å². The van der Waals surface area contributed by atoms with E-state index in [1.54, 1.807) is 32.9 Å². The first kappa shape index (κ1) is 15.2. The Labute approximate surface area is 122 Å². The third-order valence-electron chi connectivity index (χ3n) is 1.68. The average molecular weight is 380 g/mol.